The van der Waals surface area contributed by atoms with Crippen molar-refractivity contribution < 1.29 is 18.0 Å². The fourth-order valence-electron chi connectivity index (χ4n) is 1.64. The lowest BCUT2D eigenvalue weighted by molar-refractivity contribution is -0.163. The Morgan fingerprint density at radius 2 is 2.21 bits per heavy atom. The minimum absolute atomic E-state index is 0.0743. The predicted octanol–water partition coefficient (Wildman–Crippen LogP) is 1.55. The summed E-state index contributed by atoms with van der Waals surface area (Å²) in [6, 6.07) is 0.950. The van der Waals surface area contributed by atoms with Gasteiger partial charge in [0.2, 0.25) is 5.91 Å². The zero-order valence-corrected chi connectivity index (χ0v) is 10.1. The maximum atomic E-state index is 12.9. The molecule has 1 aromatic heterocycles. The molecule has 0 spiro atoms. The zero-order valence-electron chi connectivity index (χ0n) is 10.1. The van der Waals surface area contributed by atoms with Crippen LogP contribution in [-0.4, -0.2) is 29.7 Å². The number of rotatable bonds is 5. The summed E-state index contributed by atoms with van der Waals surface area (Å²) in [7, 11) is 0. The van der Waals surface area contributed by atoms with E-state index in [1.807, 2.05) is 5.32 Å². The normalized spacial score (nSPS) is 17.0. The van der Waals surface area contributed by atoms with Crippen molar-refractivity contribution >= 4 is 5.91 Å². The van der Waals surface area contributed by atoms with E-state index in [0.29, 0.717) is 0 Å². The Morgan fingerprint density at radius 1 is 1.47 bits per heavy atom. The van der Waals surface area contributed by atoms with Crippen LogP contribution in [0.15, 0.2) is 24.5 Å². The molecule has 19 heavy (non-hydrogen) atoms. The summed E-state index contributed by atoms with van der Waals surface area (Å²) in [6.07, 6.45) is -0.115. The number of amides is 1. The molecule has 1 aromatic rings. The fourth-order valence-corrected chi connectivity index (χ4v) is 1.64. The molecule has 0 saturated heterocycles. The molecule has 104 valence electrons. The van der Waals surface area contributed by atoms with Gasteiger partial charge in [-0.2, -0.15) is 13.2 Å². The van der Waals surface area contributed by atoms with Crippen molar-refractivity contribution in [3.8, 4) is 0 Å². The van der Waals surface area contributed by atoms with Crippen molar-refractivity contribution in [1.29, 1.82) is 0 Å². The second-order valence-corrected chi connectivity index (χ2v) is 4.48. The first-order valence-corrected chi connectivity index (χ1v) is 5.96. The van der Waals surface area contributed by atoms with E-state index in [2.05, 4.69) is 10.3 Å². The minimum atomic E-state index is -4.54. The van der Waals surface area contributed by atoms with E-state index in [1.54, 1.807) is 0 Å². The minimum Gasteiger partial charge on any atom is -0.340 e. The van der Waals surface area contributed by atoms with Gasteiger partial charge in [-0.15, -0.1) is 0 Å². The van der Waals surface area contributed by atoms with Gasteiger partial charge in [0.05, 0.1) is 6.54 Å². The number of hydrogen-bond donors (Lipinski definition) is 2. The molecule has 1 atom stereocenters. The number of alkyl halides is 3. The lowest BCUT2D eigenvalue weighted by Gasteiger charge is -2.21. The number of hydrogen-bond acceptors (Lipinski definition) is 3. The second-order valence-electron chi connectivity index (χ2n) is 4.48. The molecule has 2 N–H and O–H groups in total. The van der Waals surface area contributed by atoms with Gasteiger partial charge in [-0.3, -0.25) is 9.78 Å². The van der Waals surface area contributed by atoms with Gasteiger partial charge in [0.15, 0.2) is 6.04 Å². The Morgan fingerprint density at radius 3 is 2.74 bits per heavy atom. The maximum absolute atomic E-state index is 12.9. The molecule has 7 heteroatoms. The molecule has 1 fully saturated rings. The highest BCUT2D eigenvalue weighted by atomic mass is 19.4. The van der Waals surface area contributed by atoms with Crippen molar-refractivity contribution in [2.45, 2.75) is 31.1 Å². The first kappa shape index (κ1) is 13.8. The molecule has 1 amide bonds. The number of nitrogens with zero attached hydrogens (tertiary/aromatic N) is 1. The highest BCUT2D eigenvalue weighted by Crippen LogP contribution is 2.32. The van der Waals surface area contributed by atoms with E-state index >= 15 is 0 Å². The Labute approximate surface area is 108 Å². The van der Waals surface area contributed by atoms with Gasteiger partial charge in [0, 0.05) is 24.0 Å². The molecule has 1 aliphatic carbocycles. The van der Waals surface area contributed by atoms with Crippen LogP contribution in [0.4, 0.5) is 13.2 Å². The van der Waals surface area contributed by atoms with Gasteiger partial charge in [-0.05, 0) is 18.9 Å². The first-order chi connectivity index (χ1) is 8.97. The van der Waals surface area contributed by atoms with E-state index in [1.165, 1.54) is 18.3 Å². The van der Waals surface area contributed by atoms with Crippen molar-refractivity contribution in [1.82, 2.24) is 15.6 Å². The SMILES string of the molecule is O=C(CNC1CC1)N[C@H](c1cccnc1)C(F)(F)F. The summed E-state index contributed by atoms with van der Waals surface area (Å²) in [5.74, 6) is -0.668. The number of pyridine rings is 1. The van der Waals surface area contributed by atoms with Crippen LogP contribution in [0.1, 0.15) is 24.4 Å². The molecule has 1 aliphatic rings. The molecule has 1 heterocycles. The number of nitrogens with one attached hydrogen (secondary N) is 2. The standard InChI is InChI=1S/C12H14F3N3O/c13-12(14,15)11(8-2-1-5-16-6-8)18-10(19)7-17-9-3-4-9/h1-2,5-6,9,11,17H,3-4,7H2,(H,18,19)/t11-/m1/s1. The summed E-state index contributed by atoms with van der Waals surface area (Å²) < 4.78 is 38.7. The van der Waals surface area contributed by atoms with Crippen LogP contribution in [0.3, 0.4) is 0 Å². The van der Waals surface area contributed by atoms with Crippen LogP contribution in [-0.2, 0) is 4.79 Å². The Hall–Kier alpha value is -1.63. The Balaban J connectivity index is 1.99. The first-order valence-electron chi connectivity index (χ1n) is 5.96. The quantitative estimate of drug-likeness (QED) is 0.856. The van der Waals surface area contributed by atoms with Gasteiger partial charge in [-0.25, -0.2) is 0 Å². The number of halogens is 3. The predicted molar refractivity (Wildman–Crippen MR) is 62.2 cm³/mol. The molecule has 0 aliphatic heterocycles. The summed E-state index contributed by atoms with van der Waals surface area (Å²) in [6.45, 7) is -0.0997. The van der Waals surface area contributed by atoms with Crippen LogP contribution < -0.4 is 10.6 Å². The topological polar surface area (TPSA) is 54.0 Å². The molecule has 1 saturated carbocycles. The molecule has 0 radical (unpaired) electrons. The summed E-state index contributed by atoms with van der Waals surface area (Å²) in [5.41, 5.74) is -0.0743. The van der Waals surface area contributed by atoms with Crippen LogP contribution in [0.2, 0.25) is 0 Å². The highest BCUT2D eigenvalue weighted by molar-refractivity contribution is 5.78. The van der Waals surface area contributed by atoms with Gasteiger partial charge < -0.3 is 10.6 Å². The fraction of sp³-hybridized carbons (Fsp3) is 0.500. The lowest BCUT2D eigenvalue weighted by Crippen LogP contribution is -2.42. The molecular formula is C12H14F3N3O. The van der Waals surface area contributed by atoms with Gasteiger partial charge in [0.1, 0.15) is 0 Å². The van der Waals surface area contributed by atoms with E-state index in [-0.39, 0.29) is 18.2 Å². The van der Waals surface area contributed by atoms with Gasteiger partial charge >= 0.3 is 6.18 Å². The zero-order chi connectivity index (χ0) is 13.9. The van der Waals surface area contributed by atoms with Crippen LogP contribution in [0.25, 0.3) is 0 Å². The van der Waals surface area contributed by atoms with Gasteiger partial charge in [-0.1, -0.05) is 6.07 Å². The molecular weight excluding hydrogens is 259 g/mol. The number of aromatic nitrogens is 1. The van der Waals surface area contributed by atoms with E-state index < -0.39 is 18.1 Å². The van der Waals surface area contributed by atoms with E-state index in [4.69, 9.17) is 0 Å². The number of carbonyl (C=O) groups is 1. The molecule has 0 aromatic carbocycles. The van der Waals surface area contributed by atoms with E-state index in [9.17, 15) is 18.0 Å². The van der Waals surface area contributed by atoms with Crippen molar-refractivity contribution in [3.63, 3.8) is 0 Å². The second kappa shape index (κ2) is 5.56. The van der Waals surface area contributed by atoms with E-state index in [0.717, 1.165) is 19.0 Å². The Bertz CT molecular complexity index is 432. The molecule has 0 bridgehead atoms. The summed E-state index contributed by atoms with van der Waals surface area (Å²) >= 11 is 0. The molecule has 2 rings (SSSR count). The lowest BCUT2D eigenvalue weighted by atomic mass is 10.1. The van der Waals surface area contributed by atoms with Crippen LogP contribution in [0.5, 0.6) is 0 Å². The Kier molecular flexibility index (Phi) is 4.04. The highest BCUT2D eigenvalue weighted by Gasteiger charge is 2.42. The maximum Gasteiger partial charge on any atom is 0.412 e. The average Bonchev–Trinajstić information content (AvgIpc) is 3.17. The van der Waals surface area contributed by atoms with Crippen LogP contribution >= 0.6 is 0 Å². The third-order valence-corrected chi connectivity index (χ3v) is 2.78. The smallest absolute Gasteiger partial charge is 0.340 e. The molecule has 0 unspecified atom stereocenters. The third kappa shape index (κ3) is 4.20. The van der Waals surface area contributed by atoms with Gasteiger partial charge in [0.25, 0.3) is 0 Å². The average molecular weight is 273 g/mol. The molecule has 4 nitrogen and oxygen atoms in total. The summed E-state index contributed by atoms with van der Waals surface area (Å²) in [4.78, 5) is 15.2. The monoisotopic (exact) mass is 273 g/mol. The van der Waals surface area contributed by atoms with Crippen molar-refractivity contribution in [2.24, 2.45) is 0 Å². The van der Waals surface area contributed by atoms with Crippen molar-refractivity contribution in [2.75, 3.05) is 6.54 Å². The van der Waals surface area contributed by atoms with Crippen LogP contribution in [0, 0.1) is 0 Å². The summed E-state index contributed by atoms with van der Waals surface area (Å²) in [5, 5.41) is 4.86. The third-order valence-electron chi connectivity index (χ3n) is 2.78. The largest absolute Gasteiger partial charge is 0.412 e. The van der Waals surface area contributed by atoms with Crippen molar-refractivity contribution in [3.05, 3.63) is 30.1 Å². The number of carbonyl (C=O) groups excluding carboxylic acids is 1.